The Morgan fingerprint density at radius 2 is 1.95 bits per heavy atom. The molecular formula is C16H20N2OS. The molecule has 0 radical (unpaired) electrons. The summed E-state index contributed by atoms with van der Waals surface area (Å²) in [6.07, 6.45) is 2.65. The van der Waals surface area contributed by atoms with Gasteiger partial charge in [0.15, 0.2) is 0 Å². The Morgan fingerprint density at radius 3 is 2.55 bits per heavy atom. The van der Waals surface area contributed by atoms with E-state index in [2.05, 4.69) is 41.1 Å². The molecule has 1 saturated heterocycles. The second-order valence-electron chi connectivity index (χ2n) is 5.34. The normalized spacial score (nSPS) is 17.5. The molecule has 2 heterocycles. The van der Waals surface area contributed by atoms with Crippen LogP contribution in [0.25, 0.3) is 10.6 Å². The number of rotatable bonds is 4. The van der Waals surface area contributed by atoms with E-state index in [1.54, 1.807) is 11.3 Å². The van der Waals surface area contributed by atoms with Crippen LogP contribution in [-0.2, 0) is 6.61 Å². The molecule has 0 saturated carbocycles. The van der Waals surface area contributed by atoms with Crippen molar-refractivity contribution in [3.05, 3.63) is 40.9 Å². The highest BCUT2D eigenvalue weighted by atomic mass is 32.1. The predicted octanol–water partition coefficient (Wildman–Crippen LogP) is 3.46. The van der Waals surface area contributed by atoms with Crippen molar-refractivity contribution in [3.8, 4) is 10.6 Å². The fraction of sp³-hybridized carbons (Fsp3) is 0.438. The fourth-order valence-corrected chi connectivity index (χ4v) is 3.57. The van der Waals surface area contributed by atoms with Crippen molar-refractivity contribution in [1.29, 1.82) is 0 Å². The Morgan fingerprint density at radius 1 is 1.25 bits per heavy atom. The second-order valence-corrected chi connectivity index (χ2v) is 6.20. The quantitative estimate of drug-likeness (QED) is 0.936. The summed E-state index contributed by atoms with van der Waals surface area (Å²) >= 11 is 1.59. The zero-order valence-electron chi connectivity index (χ0n) is 11.7. The van der Waals surface area contributed by atoms with Gasteiger partial charge < -0.3 is 5.11 Å². The van der Waals surface area contributed by atoms with Crippen molar-refractivity contribution < 1.29 is 5.11 Å². The minimum Gasteiger partial charge on any atom is -0.390 e. The summed E-state index contributed by atoms with van der Waals surface area (Å²) in [5.74, 6) is 0. The average molecular weight is 288 g/mol. The minimum absolute atomic E-state index is 0.0145. The van der Waals surface area contributed by atoms with Crippen molar-refractivity contribution in [1.82, 2.24) is 9.88 Å². The Hall–Kier alpha value is -1.23. The molecule has 0 bridgehead atoms. The molecule has 2 aromatic rings. The van der Waals surface area contributed by atoms with E-state index in [1.807, 2.05) is 5.38 Å². The van der Waals surface area contributed by atoms with Gasteiger partial charge in [0.05, 0.1) is 12.3 Å². The summed E-state index contributed by atoms with van der Waals surface area (Å²) in [6, 6.07) is 9.19. The third-order valence-corrected chi connectivity index (χ3v) is 4.98. The van der Waals surface area contributed by atoms with Gasteiger partial charge in [-0.2, -0.15) is 0 Å². The number of hydrogen-bond acceptors (Lipinski definition) is 4. The molecule has 0 spiro atoms. The highest BCUT2D eigenvalue weighted by Crippen LogP contribution is 2.28. The number of nitrogens with zero attached hydrogens (tertiary/aromatic N) is 2. The molecule has 0 aliphatic carbocycles. The van der Waals surface area contributed by atoms with Gasteiger partial charge in [-0.3, -0.25) is 4.90 Å². The van der Waals surface area contributed by atoms with E-state index in [1.165, 1.54) is 31.5 Å². The fourth-order valence-electron chi connectivity index (χ4n) is 2.76. The van der Waals surface area contributed by atoms with Crippen LogP contribution in [0, 0.1) is 0 Å². The predicted molar refractivity (Wildman–Crippen MR) is 82.7 cm³/mol. The molecule has 1 atom stereocenters. The maximum absolute atomic E-state index is 9.07. The van der Waals surface area contributed by atoms with Crippen molar-refractivity contribution in [2.24, 2.45) is 0 Å². The van der Waals surface area contributed by atoms with E-state index in [0.29, 0.717) is 6.04 Å². The maximum Gasteiger partial charge on any atom is 0.123 e. The average Bonchev–Trinajstić information content (AvgIpc) is 3.18. The topological polar surface area (TPSA) is 36.4 Å². The zero-order chi connectivity index (χ0) is 13.9. The summed E-state index contributed by atoms with van der Waals surface area (Å²) in [6.45, 7) is 4.73. The third-order valence-electron chi connectivity index (χ3n) is 4.04. The van der Waals surface area contributed by atoms with Crippen LogP contribution >= 0.6 is 11.3 Å². The van der Waals surface area contributed by atoms with E-state index in [-0.39, 0.29) is 6.61 Å². The molecule has 3 nitrogen and oxygen atoms in total. The smallest absolute Gasteiger partial charge is 0.123 e. The molecule has 106 valence electrons. The molecule has 1 aromatic carbocycles. The van der Waals surface area contributed by atoms with Crippen molar-refractivity contribution >= 4 is 11.3 Å². The molecule has 0 unspecified atom stereocenters. The lowest BCUT2D eigenvalue weighted by Gasteiger charge is -2.24. The largest absolute Gasteiger partial charge is 0.390 e. The molecule has 20 heavy (non-hydrogen) atoms. The van der Waals surface area contributed by atoms with E-state index in [4.69, 9.17) is 5.11 Å². The van der Waals surface area contributed by atoms with Crippen LogP contribution in [0.1, 0.15) is 37.1 Å². The van der Waals surface area contributed by atoms with Gasteiger partial charge in [0.2, 0.25) is 0 Å². The third kappa shape index (κ3) is 2.77. The lowest BCUT2D eigenvalue weighted by atomic mass is 10.1. The SMILES string of the molecule is C[C@H](c1ccc(-c2nc(CO)cs2)cc1)N1CCCC1. The number of hydrogen-bond donors (Lipinski definition) is 1. The van der Waals surface area contributed by atoms with Crippen LogP contribution in [0.15, 0.2) is 29.6 Å². The first-order valence-electron chi connectivity index (χ1n) is 7.17. The van der Waals surface area contributed by atoms with E-state index < -0.39 is 0 Å². The van der Waals surface area contributed by atoms with Crippen LogP contribution in [-0.4, -0.2) is 28.1 Å². The van der Waals surface area contributed by atoms with Gasteiger partial charge in [0.1, 0.15) is 5.01 Å². The molecule has 1 aliphatic rings. The van der Waals surface area contributed by atoms with Gasteiger partial charge >= 0.3 is 0 Å². The Balaban J connectivity index is 1.76. The number of aliphatic hydroxyl groups excluding tert-OH is 1. The number of aromatic nitrogens is 1. The van der Waals surface area contributed by atoms with Crippen LogP contribution in [0.3, 0.4) is 0 Å². The van der Waals surface area contributed by atoms with Crippen molar-refractivity contribution in [3.63, 3.8) is 0 Å². The first kappa shape index (κ1) is 13.7. The zero-order valence-corrected chi connectivity index (χ0v) is 12.6. The number of thiazole rings is 1. The maximum atomic E-state index is 9.07. The summed E-state index contributed by atoms with van der Waals surface area (Å²) in [7, 11) is 0. The van der Waals surface area contributed by atoms with Gasteiger partial charge in [-0.05, 0) is 38.4 Å². The minimum atomic E-state index is 0.0145. The first-order valence-corrected chi connectivity index (χ1v) is 8.05. The number of benzene rings is 1. The lowest BCUT2D eigenvalue weighted by Crippen LogP contribution is -2.23. The van der Waals surface area contributed by atoms with Crippen LogP contribution in [0.5, 0.6) is 0 Å². The second kappa shape index (κ2) is 6.04. The van der Waals surface area contributed by atoms with Crippen LogP contribution in [0.4, 0.5) is 0 Å². The Labute approximate surface area is 123 Å². The standard InChI is InChI=1S/C16H20N2OS/c1-12(18-8-2-3-9-18)13-4-6-14(7-5-13)16-17-15(10-19)11-20-16/h4-7,11-12,19H,2-3,8-10H2,1H3/t12-/m1/s1. The van der Waals surface area contributed by atoms with Gasteiger partial charge in [-0.1, -0.05) is 24.3 Å². The highest BCUT2D eigenvalue weighted by Gasteiger charge is 2.19. The first-order chi connectivity index (χ1) is 9.78. The summed E-state index contributed by atoms with van der Waals surface area (Å²) in [5.41, 5.74) is 3.25. The summed E-state index contributed by atoms with van der Waals surface area (Å²) < 4.78 is 0. The molecule has 1 N–H and O–H groups in total. The molecule has 1 fully saturated rings. The molecule has 1 aliphatic heterocycles. The molecule has 4 heteroatoms. The molecule has 0 amide bonds. The Kier molecular flexibility index (Phi) is 4.15. The summed E-state index contributed by atoms with van der Waals surface area (Å²) in [5, 5.41) is 12.0. The van der Waals surface area contributed by atoms with E-state index in [9.17, 15) is 0 Å². The summed E-state index contributed by atoms with van der Waals surface area (Å²) in [4.78, 5) is 6.95. The van der Waals surface area contributed by atoms with Crippen LogP contribution in [0.2, 0.25) is 0 Å². The monoisotopic (exact) mass is 288 g/mol. The van der Waals surface area contributed by atoms with E-state index >= 15 is 0 Å². The van der Waals surface area contributed by atoms with Gasteiger partial charge in [0, 0.05) is 17.0 Å². The molecule has 3 rings (SSSR count). The van der Waals surface area contributed by atoms with Crippen molar-refractivity contribution in [2.75, 3.05) is 13.1 Å². The van der Waals surface area contributed by atoms with Gasteiger partial charge in [-0.15, -0.1) is 11.3 Å². The molecule has 1 aromatic heterocycles. The van der Waals surface area contributed by atoms with Crippen LogP contribution < -0.4 is 0 Å². The Bertz CT molecular complexity index is 558. The lowest BCUT2D eigenvalue weighted by molar-refractivity contribution is 0.263. The number of likely N-dealkylation sites (tertiary alicyclic amines) is 1. The van der Waals surface area contributed by atoms with Crippen molar-refractivity contribution in [2.45, 2.75) is 32.4 Å². The number of aliphatic hydroxyl groups is 1. The van der Waals surface area contributed by atoms with Gasteiger partial charge in [-0.25, -0.2) is 4.98 Å². The highest BCUT2D eigenvalue weighted by molar-refractivity contribution is 7.13. The molecular weight excluding hydrogens is 268 g/mol. The van der Waals surface area contributed by atoms with E-state index in [0.717, 1.165) is 16.3 Å². The van der Waals surface area contributed by atoms with Gasteiger partial charge in [0.25, 0.3) is 0 Å².